The smallest absolute Gasteiger partial charge is 0.270 e. The Bertz CT molecular complexity index is 686. The Morgan fingerprint density at radius 2 is 2.00 bits per heavy atom. The summed E-state index contributed by atoms with van der Waals surface area (Å²) in [6.45, 7) is 3.73. The molecule has 1 saturated heterocycles. The first-order valence-electron chi connectivity index (χ1n) is 7.80. The Kier molecular flexibility index (Phi) is 3.39. The molecule has 1 aromatic carbocycles. The first-order valence-corrected chi connectivity index (χ1v) is 7.80. The standard InChI is InChI=1S/C18H19N3O/c22-18-17-15(7-4-8-19-17)16-12-21(11-14(16)9-20-18)10-13-5-2-1-3-6-13/h1-8,14,16H,9-12H2,(H,20,22)/t14-,16-/m1/s1. The van der Waals surface area contributed by atoms with Crippen LogP contribution in [0, 0.1) is 5.92 Å². The van der Waals surface area contributed by atoms with Gasteiger partial charge in [0.25, 0.3) is 5.91 Å². The fraction of sp³-hybridized carbons (Fsp3) is 0.333. The average molecular weight is 293 g/mol. The molecule has 0 saturated carbocycles. The molecule has 2 aromatic rings. The van der Waals surface area contributed by atoms with Gasteiger partial charge in [-0.3, -0.25) is 14.7 Å². The minimum Gasteiger partial charge on any atom is -0.350 e. The number of rotatable bonds is 2. The Hall–Kier alpha value is -2.20. The number of hydrogen-bond donors (Lipinski definition) is 1. The number of likely N-dealkylation sites (tertiary alicyclic amines) is 1. The molecule has 4 nitrogen and oxygen atoms in total. The lowest BCUT2D eigenvalue weighted by Gasteiger charge is -2.17. The lowest BCUT2D eigenvalue weighted by molar-refractivity contribution is 0.0946. The molecule has 2 aliphatic heterocycles. The molecule has 3 heterocycles. The van der Waals surface area contributed by atoms with Gasteiger partial charge in [-0.25, -0.2) is 0 Å². The van der Waals surface area contributed by atoms with Gasteiger partial charge in [-0.15, -0.1) is 0 Å². The average Bonchev–Trinajstić information content (AvgIpc) is 2.91. The maximum Gasteiger partial charge on any atom is 0.270 e. The molecule has 112 valence electrons. The zero-order valence-electron chi connectivity index (χ0n) is 12.4. The normalized spacial score (nSPS) is 24.3. The van der Waals surface area contributed by atoms with Crippen LogP contribution in [0.15, 0.2) is 48.7 Å². The number of pyridine rings is 1. The van der Waals surface area contributed by atoms with Gasteiger partial charge in [0.15, 0.2) is 0 Å². The van der Waals surface area contributed by atoms with Crippen molar-refractivity contribution in [3.63, 3.8) is 0 Å². The van der Waals surface area contributed by atoms with Gasteiger partial charge in [0.2, 0.25) is 0 Å². The fourth-order valence-electron chi connectivity index (χ4n) is 3.70. The van der Waals surface area contributed by atoms with Crippen LogP contribution >= 0.6 is 0 Å². The molecule has 1 N–H and O–H groups in total. The van der Waals surface area contributed by atoms with Crippen LogP contribution in [0.5, 0.6) is 0 Å². The molecule has 1 amide bonds. The Balaban J connectivity index is 1.58. The maximum atomic E-state index is 12.1. The number of hydrogen-bond acceptors (Lipinski definition) is 3. The van der Waals surface area contributed by atoms with Gasteiger partial charge >= 0.3 is 0 Å². The fourth-order valence-corrected chi connectivity index (χ4v) is 3.70. The zero-order valence-corrected chi connectivity index (χ0v) is 12.4. The largest absolute Gasteiger partial charge is 0.350 e. The van der Waals surface area contributed by atoms with E-state index in [1.165, 1.54) is 5.56 Å². The molecule has 0 unspecified atom stereocenters. The zero-order chi connectivity index (χ0) is 14.9. The van der Waals surface area contributed by atoms with Crippen molar-refractivity contribution in [2.75, 3.05) is 19.6 Å². The number of carbonyl (C=O) groups is 1. The Labute approximate surface area is 130 Å². The summed E-state index contributed by atoms with van der Waals surface area (Å²) in [6.07, 6.45) is 1.70. The third-order valence-electron chi connectivity index (χ3n) is 4.74. The highest BCUT2D eigenvalue weighted by atomic mass is 16.1. The summed E-state index contributed by atoms with van der Waals surface area (Å²) in [5, 5.41) is 3.03. The van der Waals surface area contributed by atoms with Crippen LogP contribution < -0.4 is 5.32 Å². The second kappa shape index (κ2) is 5.54. The van der Waals surface area contributed by atoms with Crippen LogP contribution in [0.3, 0.4) is 0 Å². The second-order valence-electron chi connectivity index (χ2n) is 6.20. The number of benzene rings is 1. The monoisotopic (exact) mass is 293 g/mol. The van der Waals surface area contributed by atoms with Gasteiger partial charge in [-0.05, 0) is 23.1 Å². The summed E-state index contributed by atoms with van der Waals surface area (Å²) in [4.78, 5) is 18.9. The van der Waals surface area contributed by atoms with E-state index in [2.05, 4.69) is 51.6 Å². The van der Waals surface area contributed by atoms with Crippen LogP contribution in [0.2, 0.25) is 0 Å². The van der Waals surface area contributed by atoms with Gasteiger partial charge < -0.3 is 5.32 Å². The van der Waals surface area contributed by atoms with Gasteiger partial charge in [0.1, 0.15) is 5.69 Å². The molecule has 4 heteroatoms. The third kappa shape index (κ3) is 2.40. The van der Waals surface area contributed by atoms with Crippen molar-refractivity contribution < 1.29 is 4.79 Å². The molecule has 2 aliphatic rings. The van der Waals surface area contributed by atoms with Crippen molar-refractivity contribution in [1.29, 1.82) is 0 Å². The van der Waals surface area contributed by atoms with Gasteiger partial charge in [-0.2, -0.15) is 0 Å². The van der Waals surface area contributed by atoms with Crippen LogP contribution in [0.1, 0.15) is 27.5 Å². The van der Waals surface area contributed by atoms with E-state index in [0.717, 1.165) is 31.7 Å². The number of nitrogens with one attached hydrogen (secondary N) is 1. The van der Waals surface area contributed by atoms with Crippen LogP contribution in [-0.4, -0.2) is 35.4 Å². The second-order valence-corrected chi connectivity index (χ2v) is 6.20. The highest BCUT2D eigenvalue weighted by molar-refractivity contribution is 5.94. The van der Waals surface area contributed by atoms with Crippen LogP contribution in [0.25, 0.3) is 0 Å². The lowest BCUT2D eigenvalue weighted by Crippen LogP contribution is -2.30. The lowest BCUT2D eigenvalue weighted by atomic mass is 9.89. The van der Waals surface area contributed by atoms with E-state index in [4.69, 9.17) is 0 Å². The van der Waals surface area contributed by atoms with E-state index < -0.39 is 0 Å². The summed E-state index contributed by atoms with van der Waals surface area (Å²) in [6, 6.07) is 14.6. The molecule has 1 fully saturated rings. The molecule has 1 aromatic heterocycles. The summed E-state index contributed by atoms with van der Waals surface area (Å²) in [7, 11) is 0. The molecule has 0 radical (unpaired) electrons. The van der Waals surface area contributed by atoms with Gasteiger partial charge in [-0.1, -0.05) is 36.4 Å². The quantitative estimate of drug-likeness (QED) is 0.921. The summed E-state index contributed by atoms with van der Waals surface area (Å²) >= 11 is 0. The highest BCUT2D eigenvalue weighted by Gasteiger charge is 2.38. The molecule has 2 atom stereocenters. The molecular weight excluding hydrogens is 274 g/mol. The molecular formula is C18H19N3O. The maximum absolute atomic E-state index is 12.1. The SMILES string of the molecule is O=C1NC[C@@H]2CN(Cc3ccccc3)C[C@H]2c2cccnc21. The predicted octanol–water partition coefficient (Wildman–Crippen LogP) is 2.04. The molecule has 0 spiro atoms. The number of aromatic nitrogens is 1. The Morgan fingerprint density at radius 1 is 1.14 bits per heavy atom. The van der Waals surface area contributed by atoms with E-state index in [0.29, 0.717) is 17.5 Å². The van der Waals surface area contributed by atoms with Crippen molar-refractivity contribution in [2.45, 2.75) is 12.5 Å². The van der Waals surface area contributed by atoms with Crippen molar-refractivity contribution in [3.8, 4) is 0 Å². The van der Waals surface area contributed by atoms with Crippen molar-refractivity contribution in [2.24, 2.45) is 5.92 Å². The highest BCUT2D eigenvalue weighted by Crippen LogP contribution is 2.35. The van der Waals surface area contributed by atoms with Crippen LogP contribution in [0.4, 0.5) is 0 Å². The number of nitrogens with zero attached hydrogens (tertiary/aromatic N) is 2. The predicted molar refractivity (Wildman–Crippen MR) is 84.5 cm³/mol. The molecule has 0 bridgehead atoms. The number of amides is 1. The summed E-state index contributed by atoms with van der Waals surface area (Å²) < 4.78 is 0. The molecule has 22 heavy (non-hydrogen) atoms. The first kappa shape index (κ1) is 13.5. The van der Waals surface area contributed by atoms with E-state index >= 15 is 0 Å². The van der Waals surface area contributed by atoms with E-state index in [9.17, 15) is 4.79 Å². The topological polar surface area (TPSA) is 45.2 Å². The Morgan fingerprint density at radius 3 is 2.86 bits per heavy atom. The van der Waals surface area contributed by atoms with E-state index in [1.807, 2.05) is 6.07 Å². The van der Waals surface area contributed by atoms with Gasteiger partial charge in [0, 0.05) is 38.3 Å². The summed E-state index contributed by atoms with van der Waals surface area (Å²) in [5.74, 6) is 0.837. The first-order chi connectivity index (χ1) is 10.8. The van der Waals surface area contributed by atoms with Crippen molar-refractivity contribution >= 4 is 5.91 Å². The minimum atomic E-state index is -0.0281. The molecule has 4 rings (SSSR count). The molecule has 0 aliphatic carbocycles. The van der Waals surface area contributed by atoms with Gasteiger partial charge in [0.05, 0.1) is 0 Å². The third-order valence-corrected chi connectivity index (χ3v) is 4.74. The van der Waals surface area contributed by atoms with Crippen molar-refractivity contribution in [1.82, 2.24) is 15.2 Å². The number of fused-ring (bicyclic) bond motifs is 3. The van der Waals surface area contributed by atoms with Crippen LogP contribution in [-0.2, 0) is 6.54 Å². The summed E-state index contributed by atoms with van der Waals surface area (Å²) in [5.41, 5.74) is 3.06. The minimum absolute atomic E-state index is 0.0281. The van der Waals surface area contributed by atoms with Crippen molar-refractivity contribution in [3.05, 3.63) is 65.5 Å². The van der Waals surface area contributed by atoms with E-state index in [-0.39, 0.29) is 5.91 Å². The number of carbonyl (C=O) groups excluding carboxylic acids is 1. The van der Waals surface area contributed by atoms with E-state index in [1.54, 1.807) is 6.20 Å².